The van der Waals surface area contributed by atoms with Crippen LogP contribution in [0.4, 0.5) is 5.69 Å². The number of aryl methyl sites for hydroxylation is 2. The zero-order chi connectivity index (χ0) is 17.3. The van der Waals surface area contributed by atoms with Crippen molar-refractivity contribution in [3.63, 3.8) is 0 Å². The highest BCUT2D eigenvalue weighted by atomic mass is 79.9. The summed E-state index contributed by atoms with van der Waals surface area (Å²) in [4.78, 5) is 17.2. The van der Waals surface area contributed by atoms with Gasteiger partial charge in [0, 0.05) is 0 Å². The van der Waals surface area contributed by atoms with E-state index in [2.05, 4.69) is 32.3 Å². The van der Waals surface area contributed by atoms with Crippen LogP contribution >= 0.6 is 27.7 Å². The first-order chi connectivity index (χ1) is 11.4. The van der Waals surface area contributed by atoms with Crippen LogP contribution in [0, 0.1) is 13.8 Å². The largest absolute Gasteiger partial charge is 0.507 e. The Kier molecular flexibility index (Phi) is 4.78. The van der Waals surface area contributed by atoms with Crippen LogP contribution in [0.5, 0.6) is 5.75 Å². The van der Waals surface area contributed by atoms with Gasteiger partial charge >= 0.3 is 0 Å². The number of aromatic hydroxyl groups is 1. The third-order valence-electron chi connectivity index (χ3n) is 3.49. The Bertz CT molecular complexity index is 891. The molecular formula is C18H15BrN2O2S. The average molecular weight is 403 g/mol. The second-order valence-corrected chi connectivity index (χ2v) is 7.37. The van der Waals surface area contributed by atoms with Crippen LogP contribution in [0.1, 0.15) is 16.7 Å². The minimum atomic E-state index is -0.173. The molecule has 1 heterocycles. The second-order valence-electron chi connectivity index (χ2n) is 5.48. The summed E-state index contributed by atoms with van der Waals surface area (Å²) in [5.41, 5.74) is 3.91. The molecule has 2 aromatic rings. The van der Waals surface area contributed by atoms with E-state index in [0.717, 1.165) is 16.8 Å². The van der Waals surface area contributed by atoms with E-state index in [-0.39, 0.29) is 11.7 Å². The summed E-state index contributed by atoms with van der Waals surface area (Å²) < 4.78 is 0.587. The van der Waals surface area contributed by atoms with Gasteiger partial charge in [0.1, 0.15) is 5.75 Å². The van der Waals surface area contributed by atoms with Crippen LogP contribution in [0.3, 0.4) is 0 Å². The summed E-state index contributed by atoms with van der Waals surface area (Å²) in [5.74, 6) is -0.00881. The number of halogens is 1. The Hall–Kier alpha value is -2.05. The Balaban J connectivity index is 1.86. The van der Waals surface area contributed by atoms with E-state index in [0.29, 0.717) is 14.5 Å². The predicted molar refractivity (Wildman–Crippen MR) is 103 cm³/mol. The molecule has 0 bridgehead atoms. The van der Waals surface area contributed by atoms with Gasteiger partial charge in [0.15, 0.2) is 5.17 Å². The van der Waals surface area contributed by atoms with Crippen molar-refractivity contribution in [2.75, 3.05) is 0 Å². The van der Waals surface area contributed by atoms with Crippen molar-refractivity contribution >= 4 is 50.5 Å². The van der Waals surface area contributed by atoms with E-state index < -0.39 is 0 Å². The molecule has 0 atom stereocenters. The molecule has 0 unspecified atom stereocenters. The fourth-order valence-corrected chi connectivity index (χ4v) is 3.52. The number of carbonyl (C=O) groups excluding carboxylic acids is 1. The molecule has 0 radical (unpaired) electrons. The Morgan fingerprint density at radius 1 is 1.21 bits per heavy atom. The lowest BCUT2D eigenvalue weighted by atomic mass is 10.1. The number of nitrogens with zero attached hydrogens (tertiary/aromatic N) is 1. The number of amidine groups is 1. The van der Waals surface area contributed by atoms with Gasteiger partial charge in [-0.25, -0.2) is 4.99 Å². The molecule has 0 aromatic heterocycles. The van der Waals surface area contributed by atoms with E-state index >= 15 is 0 Å². The lowest BCUT2D eigenvalue weighted by molar-refractivity contribution is -0.115. The summed E-state index contributed by atoms with van der Waals surface area (Å²) >= 11 is 4.57. The van der Waals surface area contributed by atoms with E-state index in [4.69, 9.17) is 0 Å². The molecule has 1 saturated heterocycles. The normalized spacial score (nSPS) is 17.5. The number of phenolic OH excluding ortho intramolecular Hbond substituents is 1. The van der Waals surface area contributed by atoms with Crippen molar-refractivity contribution in [3.05, 3.63) is 62.5 Å². The Morgan fingerprint density at radius 3 is 2.71 bits per heavy atom. The van der Waals surface area contributed by atoms with Crippen LogP contribution in [0.2, 0.25) is 0 Å². The lowest BCUT2D eigenvalue weighted by Gasteiger charge is -2.02. The van der Waals surface area contributed by atoms with Crippen molar-refractivity contribution in [1.82, 2.24) is 5.32 Å². The molecule has 1 fully saturated rings. The number of hydrogen-bond acceptors (Lipinski definition) is 4. The monoisotopic (exact) mass is 402 g/mol. The quantitative estimate of drug-likeness (QED) is 0.717. The lowest BCUT2D eigenvalue weighted by Crippen LogP contribution is -2.19. The van der Waals surface area contributed by atoms with Crippen LogP contribution in [0.25, 0.3) is 6.08 Å². The number of benzene rings is 2. The minimum absolute atomic E-state index is 0.165. The Morgan fingerprint density at radius 2 is 2.00 bits per heavy atom. The van der Waals surface area contributed by atoms with Gasteiger partial charge in [0.05, 0.1) is 15.1 Å². The maximum Gasteiger partial charge on any atom is 0.264 e. The van der Waals surface area contributed by atoms with Gasteiger partial charge in [0.2, 0.25) is 0 Å². The molecule has 6 heteroatoms. The number of amides is 1. The minimum Gasteiger partial charge on any atom is -0.507 e. The predicted octanol–water partition coefficient (Wildman–Crippen LogP) is 4.66. The van der Waals surface area contributed by atoms with Crippen LogP contribution in [-0.4, -0.2) is 16.2 Å². The van der Waals surface area contributed by atoms with Crippen molar-refractivity contribution in [2.24, 2.45) is 4.99 Å². The highest BCUT2D eigenvalue weighted by molar-refractivity contribution is 9.10. The third-order valence-corrected chi connectivity index (χ3v) is 5.04. The smallest absolute Gasteiger partial charge is 0.264 e. The summed E-state index contributed by atoms with van der Waals surface area (Å²) in [6.45, 7) is 4.03. The van der Waals surface area contributed by atoms with Gasteiger partial charge in [-0.3, -0.25) is 4.79 Å². The number of aliphatic imine (C=N–C) groups is 1. The van der Waals surface area contributed by atoms with Gasteiger partial charge < -0.3 is 10.4 Å². The molecule has 122 valence electrons. The fourth-order valence-electron chi connectivity index (χ4n) is 2.29. The highest BCUT2D eigenvalue weighted by Gasteiger charge is 2.24. The SMILES string of the molecule is Cc1ccc(N=C2NC(=O)/C(=C\c3ccc(O)c(Br)c3)S2)c(C)c1. The molecule has 4 nitrogen and oxygen atoms in total. The Labute approximate surface area is 152 Å². The molecule has 3 rings (SSSR count). The number of rotatable bonds is 2. The number of nitrogens with one attached hydrogen (secondary N) is 1. The molecule has 24 heavy (non-hydrogen) atoms. The first-order valence-electron chi connectivity index (χ1n) is 7.28. The molecule has 2 N–H and O–H groups in total. The van der Waals surface area contributed by atoms with Crippen molar-refractivity contribution < 1.29 is 9.90 Å². The van der Waals surface area contributed by atoms with Crippen LogP contribution in [0.15, 0.2) is 50.8 Å². The van der Waals surface area contributed by atoms with Crippen molar-refractivity contribution in [3.8, 4) is 5.75 Å². The summed E-state index contributed by atoms with van der Waals surface area (Å²) in [5, 5.41) is 12.9. The van der Waals surface area contributed by atoms with Gasteiger partial charge in [-0.15, -0.1) is 0 Å². The van der Waals surface area contributed by atoms with Gasteiger partial charge in [-0.05, 0) is 76.9 Å². The van der Waals surface area contributed by atoms with Crippen LogP contribution < -0.4 is 5.32 Å². The van der Waals surface area contributed by atoms with Crippen molar-refractivity contribution in [2.45, 2.75) is 13.8 Å². The number of carbonyl (C=O) groups is 1. The zero-order valence-corrected chi connectivity index (χ0v) is 15.5. The summed E-state index contributed by atoms with van der Waals surface area (Å²) in [7, 11) is 0. The zero-order valence-electron chi connectivity index (χ0n) is 13.1. The summed E-state index contributed by atoms with van der Waals surface area (Å²) in [6, 6.07) is 11.1. The molecule has 1 aliphatic rings. The molecule has 1 amide bonds. The second kappa shape index (κ2) is 6.83. The molecule has 0 saturated carbocycles. The fraction of sp³-hybridized carbons (Fsp3) is 0.111. The maximum absolute atomic E-state index is 12.1. The topological polar surface area (TPSA) is 61.7 Å². The first kappa shape index (κ1) is 16.8. The molecular weight excluding hydrogens is 388 g/mol. The van der Waals surface area contributed by atoms with Gasteiger partial charge in [0.25, 0.3) is 5.91 Å². The number of thioether (sulfide) groups is 1. The first-order valence-corrected chi connectivity index (χ1v) is 8.89. The van der Waals surface area contributed by atoms with Gasteiger partial charge in [-0.2, -0.15) is 0 Å². The third kappa shape index (κ3) is 3.71. The van der Waals surface area contributed by atoms with E-state index in [1.165, 1.54) is 17.3 Å². The molecule has 0 aliphatic carbocycles. The average Bonchev–Trinajstić information content (AvgIpc) is 2.86. The highest BCUT2D eigenvalue weighted by Crippen LogP contribution is 2.31. The molecule has 2 aromatic carbocycles. The van der Waals surface area contributed by atoms with Crippen molar-refractivity contribution in [1.29, 1.82) is 0 Å². The van der Waals surface area contributed by atoms with Crippen LogP contribution in [-0.2, 0) is 4.79 Å². The number of phenols is 1. The van der Waals surface area contributed by atoms with Gasteiger partial charge in [-0.1, -0.05) is 23.8 Å². The maximum atomic E-state index is 12.1. The van der Waals surface area contributed by atoms with E-state index in [9.17, 15) is 9.90 Å². The van der Waals surface area contributed by atoms with E-state index in [1.807, 2.05) is 26.0 Å². The molecule has 1 aliphatic heterocycles. The molecule has 0 spiro atoms. The number of hydrogen-bond donors (Lipinski definition) is 2. The van der Waals surface area contributed by atoms with E-state index in [1.54, 1.807) is 24.3 Å². The standard InChI is InChI=1S/C18H15BrN2O2S/c1-10-3-5-14(11(2)7-10)20-18-21-17(23)16(24-18)9-12-4-6-15(22)13(19)8-12/h3-9,22H,1-2H3,(H,20,21,23)/b16-9+. The summed E-state index contributed by atoms with van der Waals surface area (Å²) in [6.07, 6.45) is 1.77.